The van der Waals surface area contributed by atoms with Gasteiger partial charge in [-0.25, -0.2) is 9.97 Å². The second-order valence-electron chi connectivity index (χ2n) is 13.5. The van der Waals surface area contributed by atoms with Gasteiger partial charge >= 0.3 is 0 Å². The third-order valence-corrected chi connectivity index (χ3v) is 9.87. The van der Waals surface area contributed by atoms with Crippen molar-refractivity contribution in [2.24, 2.45) is 0 Å². The second kappa shape index (κ2) is 13.4. The SMILES string of the molecule is Cc1cc(-c2ccccn2)c(O)c(-c2cc(-c3ccccc3)c3ccc4c(-c5ccccc5)cc(-c5cc(C)cc(-c6ccccn6)c5O)nc4c3n2)c1. The molecular formula is C48H34N4O2. The molecule has 0 aliphatic rings. The van der Waals surface area contributed by atoms with Gasteiger partial charge in [0.2, 0.25) is 0 Å². The molecule has 0 bridgehead atoms. The van der Waals surface area contributed by atoms with Crippen LogP contribution in [0.1, 0.15) is 11.1 Å². The lowest BCUT2D eigenvalue weighted by Gasteiger charge is -2.17. The summed E-state index contributed by atoms with van der Waals surface area (Å²) in [7, 11) is 0. The lowest BCUT2D eigenvalue weighted by Crippen LogP contribution is -1.97. The molecule has 0 radical (unpaired) electrons. The van der Waals surface area contributed by atoms with Gasteiger partial charge in [-0.3, -0.25) is 9.97 Å². The van der Waals surface area contributed by atoms with Gasteiger partial charge in [-0.15, -0.1) is 0 Å². The number of aryl methyl sites for hydroxylation is 2. The van der Waals surface area contributed by atoms with Gasteiger partial charge in [0, 0.05) is 45.4 Å². The highest BCUT2D eigenvalue weighted by Crippen LogP contribution is 2.44. The lowest BCUT2D eigenvalue weighted by molar-refractivity contribution is 0.478. The van der Waals surface area contributed by atoms with E-state index in [-0.39, 0.29) is 11.5 Å². The van der Waals surface area contributed by atoms with Crippen LogP contribution < -0.4 is 0 Å². The van der Waals surface area contributed by atoms with E-state index in [4.69, 9.17) is 9.97 Å². The van der Waals surface area contributed by atoms with Crippen LogP contribution in [0, 0.1) is 13.8 Å². The summed E-state index contributed by atoms with van der Waals surface area (Å²) in [5, 5.41) is 25.6. The minimum Gasteiger partial charge on any atom is -0.507 e. The summed E-state index contributed by atoms with van der Waals surface area (Å²) in [6, 6.07) is 47.9. The van der Waals surface area contributed by atoms with E-state index in [0.29, 0.717) is 56.1 Å². The molecule has 258 valence electrons. The molecular weight excluding hydrogens is 665 g/mol. The van der Waals surface area contributed by atoms with Crippen LogP contribution in [0.2, 0.25) is 0 Å². The smallest absolute Gasteiger partial charge is 0.134 e. The summed E-state index contributed by atoms with van der Waals surface area (Å²) in [4.78, 5) is 19.8. The Bertz CT molecular complexity index is 2650. The maximum absolute atomic E-state index is 11.9. The van der Waals surface area contributed by atoms with E-state index < -0.39 is 0 Å². The van der Waals surface area contributed by atoms with Crippen LogP contribution in [0.5, 0.6) is 11.5 Å². The third kappa shape index (κ3) is 5.80. The van der Waals surface area contributed by atoms with Gasteiger partial charge in [0.25, 0.3) is 0 Å². The summed E-state index contributed by atoms with van der Waals surface area (Å²) in [5.74, 6) is 0.214. The van der Waals surface area contributed by atoms with Crippen molar-refractivity contribution in [3.63, 3.8) is 0 Å². The third-order valence-electron chi connectivity index (χ3n) is 9.87. The van der Waals surface area contributed by atoms with E-state index >= 15 is 0 Å². The lowest BCUT2D eigenvalue weighted by atomic mass is 9.92. The Morgan fingerprint density at radius 2 is 0.741 bits per heavy atom. The van der Waals surface area contributed by atoms with Crippen molar-refractivity contribution in [1.29, 1.82) is 0 Å². The van der Waals surface area contributed by atoms with Crippen molar-refractivity contribution < 1.29 is 10.2 Å². The molecule has 0 saturated heterocycles. The van der Waals surface area contributed by atoms with Crippen molar-refractivity contribution >= 4 is 21.8 Å². The summed E-state index contributed by atoms with van der Waals surface area (Å²) in [5.41, 5.74) is 12.3. The normalized spacial score (nSPS) is 11.3. The molecule has 54 heavy (non-hydrogen) atoms. The number of rotatable bonds is 6. The van der Waals surface area contributed by atoms with Gasteiger partial charge in [0.1, 0.15) is 11.5 Å². The molecule has 9 aromatic rings. The fraction of sp³-hybridized carbons (Fsp3) is 0.0417. The standard InChI is InChI=1S/C48H34N4O2/c1-29-23-37(41-17-9-11-21-49-41)47(53)39(25-29)43-27-35(31-13-5-3-6-14-31)33-19-20-34-36(32-15-7-4-8-16-32)28-44(52-46(34)45(33)51-43)40-26-30(2)24-38(48(40)54)42-18-10-12-22-50-42/h3-28,53-54H,1-2H3. The van der Waals surface area contributed by atoms with Crippen LogP contribution in [0.15, 0.2) is 158 Å². The van der Waals surface area contributed by atoms with E-state index in [1.54, 1.807) is 12.4 Å². The highest BCUT2D eigenvalue weighted by molar-refractivity contribution is 6.13. The number of hydrogen-bond donors (Lipinski definition) is 2. The van der Waals surface area contributed by atoms with Crippen LogP contribution in [-0.2, 0) is 0 Å². The molecule has 0 atom stereocenters. The maximum atomic E-state index is 11.9. The van der Waals surface area contributed by atoms with Crippen LogP contribution in [0.3, 0.4) is 0 Å². The number of hydrogen-bond acceptors (Lipinski definition) is 6. The largest absolute Gasteiger partial charge is 0.507 e. The number of aromatic hydroxyl groups is 2. The topological polar surface area (TPSA) is 92.0 Å². The highest BCUT2D eigenvalue weighted by Gasteiger charge is 2.22. The van der Waals surface area contributed by atoms with Crippen molar-refractivity contribution in [3.05, 3.63) is 169 Å². The fourth-order valence-electron chi connectivity index (χ4n) is 7.35. The van der Waals surface area contributed by atoms with E-state index in [0.717, 1.165) is 44.2 Å². The predicted octanol–water partition coefficient (Wildman–Crippen LogP) is 11.6. The Balaban J connectivity index is 1.38. The Labute approximate surface area is 312 Å². The van der Waals surface area contributed by atoms with Gasteiger partial charge in [-0.1, -0.05) is 84.9 Å². The molecule has 0 aliphatic carbocycles. The molecule has 0 amide bonds. The van der Waals surface area contributed by atoms with Gasteiger partial charge < -0.3 is 10.2 Å². The Morgan fingerprint density at radius 3 is 1.11 bits per heavy atom. The average molecular weight is 699 g/mol. The minimum absolute atomic E-state index is 0.107. The zero-order chi connectivity index (χ0) is 36.8. The van der Waals surface area contributed by atoms with Gasteiger partial charge in [0.05, 0.1) is 33.8 Å². The summed E-state index contributed by atoms with van der Waals surface area (Å²) >= 11 is 0. The van der Waals surface area contributed by atoms with Crippen LogP contribution >= 0.6 is 0 Å². The van der Waals surface area contributed by atoms with Crippen molar-refractivity contribution in [2.75, 3.05) is 0 Å². The number of benzene rings is 5. The molecule has 5 aromatic carbocycles. The number of pyridine rings is 4. The molecule has 4 aromatic heterocycles. The molecule has 0 spiro atoms. The van der Waals surface area contributed by atoms with Crippen molar-refractivity contribution in [1.82, 2.24) is 19.9 Å². The molecule has 0 aliphatic heterocycles. The fourth-order valence-corrected chi connectivity index (χ4v) is 7.35. The van der Waals surface area contributed by atoms with E-state index in [2.05, 4.69) is 46.4 Å². The number of phenols is 2. The van der Waals surface area contributed by atoms with Crippen LogP contribution in [-0.4, -0.2) is 30.1 Å². The van der Waals surface area contributed by atoms with Gasteiger partial charge in [-0.2, -0.15) is 0 Å². The van der Waals surface area contributed by atoms with Gasteiger partial charge in [0.15, 0.2) is 0 Å². The average Bonchev–Trinajstić information content (AvgIpc) is 3.22. The molecule has 0 saturated carbocycles. The Kier molecular flexibility index (Phi) is 8.13. The van der Waals surface area contributed by atoms with Crippen molar-refractivity contribution in [3.8, 4) is 78.8 Å². The maximum Gasteiger partial charge on any atom is 0.134 e. The monoisotopic (exact) mass is 698 g/mol. The van der Waals surface area contributed by atoms with Crippen LogP contribution in [0.25, 0.3) is 89.1 Å². The first-order valence-electron chi connectivity index (χ1n) is 17.8. The van der Waals surface area contributed by atoms with Crippen molar-refractivity contribution in [2.45, 2.75) is 13.8 Å². The minimum atomic E-state index is 0.107. The molecule has 0 unspecified atom stereocenters. The number of phenolic OH excluding ortho intramolecular Hbond substituents is 2. The first kappa shape index (κ1) is 32.7. The van der Waals surface area contributed by atoms with E-state index in [1.807, 2.05) is 123 Å². The van der Waals surface area contributed by atoms with Gasteiger partial charge in [-0.05, 0) is 108 Å². The molecule has 2 N–H and O–H groups in total. The zero-order valence-corrected chi connectivity index (χ0v) is 29.7. The molecule has 6 nitrogen and oxygen atoms in total. The molecule has 6 heteroatoms. The molecule has 9 rings (SSSR count). The Hall–Kier alpha value is -7.18. The number of fused-ring (bicyclic) bond motifs is 3. The van der Waals surface area contributed by atoms with E-state index in [9.17, 15) is 10.2 Å². The first-order valence-corrected chi connectivity index (χ1v) is 17.8. The highest BCUT2D eigenvalue weighted by atomic mass is 16.3. The predicted molar refractivity (Wildman–Crippen MR) is 218 cm³/mol. The van der Waals surface area contributed by atoms with Crippen LogP contribution in [0.4, 0.5) is 0 Å². The second-order valence-corrected chi connectivity index (χ2v) is 13.5. The molecule has 4 heterocycles. The zero-order valence-electron chi connectivity index (χ0n) is 29.7. The summed E-state index contributed by atoms with van der Waals surface area (Å²) in [6.07, 6.45) is 3.45. The van der Waals surface area contributed by atoms with E-state index in [1.165, 1.54) is 0 Å². The molecule has 0 fully saturated rings. The first-order chi connectivity index (χ1) is 26.4. The number of aromatic nitrogens is 4. The summed E-state index contributed by atoms with van der Waals surface area (Å²) in [6.45, 7) is 4.02. The quantitative estimate of drug-likeness (QED) is 0.168. The summed E-state index contributed by atoms with van der Waals surface area (Å²) < 4.78 is 0. The number of nitrogens with zero attached hydrogens (tertiary/aromatic N) is 4. The Morgan fingerprint density at radius 1 is 0.370 bits per heavy atom.